The van der Waals surface area contributed by atoms with E-state index in [1.807, 2.05) is 36.4 Å². The Balaban J connectivity index is 1.54. The van der Waals surface area contributed by atoms with Crippen LogP contribution in [-0.4, -0.2) is 30.7 Å². The summed E-state index contributed by atoms with van der Waals surface area (Å²) < 4.78 is 12.3. The number of fused-ring (bicyclic) bond motifs is 2. The first-order valence-corrected chi connectivity index (χ1v) is 11.2. The van der Waals surface area contributed by atoms with Crippen molar-refractivity contribution >= 4 is 32.7 Å². The molecule has 0 radical (unpaired) electrons. The van der Waals surface area contributed by atoms with Crippen molar-refractivity contribution in [1.82, 2.24) is 10.3 Å². The Kier molecular flexibility index (Phi) is 5.44. The summed E-state index contributed by atoms with van der Waals surface area (Å²) in [5, 5.41) is 4.29. The van der Waals surface area contributed by atoms with Gasteiger partial charge in [0.1, 0.15) is 5.75 Å². The molecule has 30 heavy (non-hydrogen) atoms. The number of benzene rings is 2. The summed E-state index contributed by atoms with van der Waals surface area (Å²) in [5.41, 5.74) is 3.67. The summed E-state index contributed by atoms with van der Waals surface area (Å²) in [6.07, 6.45) is 4.30. The van der Waals surface area contributed by atoms with E-state index in [1.54, 1.807) is 6.20 Å². The van der Waals surface area contributed by atoms with Gasteiger partial charge in [-0.1, -0.05) is 30.3 Å². The van der Waals surface area contributed by atoms with Crippen LogP contribution in [0.1, 0.15) is 52.7 Å². The van der Waals surface area contributed by atoms with Crippen LogP contribution in [0.3, 0.4) is 0 Å². The molecule has 5 nitrogen and oxygen atoms in total. The molecule has 154 valence electrons. The molecule has 1 unspecified atom stereocenters. The van der Waals surface area contributed by atoms with Gasteiger partial charge in [-0.05, 0) is 52.4 Å². The second-order valence-electron chi connectivity index (χ2n) is 7.81. The van der Waals surface area contributed by atoms with Gasteiger partial charge < -0.3 is 14.8 Å². The van der Waals surface area contributed by atoms with Crippen LogP contribution in [0.5, 0.6) is 5.75 Å². The average molecular weight is 467 g/mol. The molecule has 2 aromatic carbocycles. The van der Waals surface area contributed by atoms with E-state index in [0.29, 0.717) is 12.2 Å². The third kappa shape index (κ3) is 3.59. The molecule has 3 aromatic rings. The molecule has 1 fully saturated rings. The Labute approximate surface area is 183 Å². The van der Waals surface area contributed by atoms with Gasteiger partial charge in [0, 0.05) is 41.3 Å². The van der Waals surface area contributed by atoms with Gasteiger partial charge in [0.2, 0.25) is 0 Å². The maximum atomic E-state index is 13.5. The van der Waals surface area contributed by atoms with Crippen molar-refractivity contribution in [2.24, 2.45) is 0 Å². The molecule has 0 bridgehead atoms. The average Bonchev–Trinajstić information content (AvgIpc) is 2.79. The fourth-order valence-electron chi connectivity index (χ4n) is 4.54. The molecule has 0 spiro atoms. The Hall–Kier alpha value is -2.44. The number of carbonyl (C=O) groups is 1. The van der Waals surface area contributed by atoms with Crippen LogP contribution in [0.2, 0.25) is 0 Å². The van der Waals surface area contributed by atoms with E-state index >= 15 is 0 Å². The number of hydrogen-bond donors (Lipinski definition) is 1. The van der Waals surface area contributed by atoms with Crippen molar-refractivity contribution in [1.29, 1.82) is 0 Å². The maximum absolute atomic E-state index is 13.5. The Morgan fingerprint density at radius 3 is 2.73 bits per heavy atom. The van der Waals surface area contributed by atoms with Gasteiger partial charge in [0.05, 0.1) is 23.7 Å². The van der Waals surface area contributed by atoms with Crippen LogP contribution in [0.25, 0.3) is 10.9 Å². The molecule has 2 aliphatic heterocycles. The van der Waals surface area contributed by atoms with Crippen LogP contribution in [0.15, 0.2) is 53.1 Å². The van der Waals surface area contributed by atoms with Gasteiger partial charge in [-0.2, -0.15) is 0 Å². The van der Waals surface area contributed by atoms with E-state index in [1.165, 1.54) is 0 Å². The van der Waals surface area contributed by atoms with Gasteiger partial charge in [-0.25, -0.2) is 0 Å². The fraction of sp³-hybridized carbons (Fsp3) is 0.333. The van der Waals surface area contributed by atoms with E-state index < -0.39 is 0 Å². The summed E-state index contributed by atoms with van der Waals surface area (Å²) in [4.78, 5) is 18.1. The van der Waals surface area contributed by atoms with Crippen LogP contribution >= 0.6 is 15.9 Å². The highest BCUT2D eigenvalue weighted by atomic mass is 79.9. The topological polar surface area (TPSA) is 60.5 Å². The molecular weight excluding hydrogens is 444 g/mol. The first-order valence-electron chi connectivity index (χ1n) is 10.4. The molecule has 2 aliphatic rings. The van der Waals surface area contributed by atoms with E-state index in [4.69, 9.17) is 9.47 Å². The number of nitrogens with one attached hydrogen (secondary N) is 1. The molecule has 0 saturated carbocycles. The van der Waals surface area contributed by atoms with Crippen LogP contribution in [0.4, 0.5) is 0 Å². The molecule has 1 aromatic heterocycles. The third-order valence-electron chi connectivity index (χ3n) is 6.03. The predicted molar refractivity (Wildman–Crippen MR) is 119 cm³/mol. The Morgan fingerprint density at radius 2 is 1.87 bits per heavy atom. The number of rotatable bonds is 3. The minimum atomic E-state index is -0.0763. The second-order valence-corrected chi connectivity index (χ2v) is 8.66. The lowest BCUT2D eigenvalue weighted by Gasteiger charge is -2.28. The third-order valence-corrected chi connectivity index (χ3v) is 6.67. The number of ether oxygens (including phenoxy) is 2. The van der Waals surface area contributed by atoms with E-state index in [9.17, 15) is 4.79 Å². The molecule has 1 atom stereocenters. The van der Waals surface area contributed by atoms with Gasteiger partial charge in [-0.15, -0.1) is 0 Å². The lowest BCUT2D eigenvalue weighted by atomic mass is 9.86. The predicted octanol–water partition coefficient (Wildman–Crippen LogP) is 5.14. The zero-order valence-electron chi connectivity index (χ0n) is 16.6. The fourth-order valence-corrected chi connectivity index (χ4v) is 5.01. The minimum Gasteiger partial charge on any atom is -0.493 e. The minimum absolute atomic E-state index is 0.0665. The number of carbonyl (C=O) groups excluding carboxylic acids is 1. The molecule has 5 rings (SSSR count). The van der Waals surface area contributed by atoms with Crippen molar-refractivity contribution in [3.63, 3.8) is 0 Å². The van der Waals surface area contributed by atoms with Crippen LogP contribution in [0, 0.1) is 0 Å². The van der Waals surface area contributed by atoms with Crippen molar-refractivity contribution in [3.8, 4) is 5.75 Å². The molecular formula is C24H23BrN2O3. The van der Waals surface area contributed by atoms with Gasteiger partial charge in [-0.3, -0.25) is 9.78 Å². The molecule has 1 N–H and O–H groups in total. The highest BCUT2D eigenvalue weighted by Crippen LogP contribution is 2.37. The maximum Gasteiger partial charge on any atom is 0.253 e. The zero-order valence-corrected chi connectivity index (χ0v) is 18.2. The van der Waals surface area contributed by atoms with Crippen molar-refractivity contribution < 1.29 is 14.3 Å². The highest BCUT2D eigenvalue weighted by molar-refractivity contribution is 9.10. The molecule has 0 aliphatic carbocycles. The first kappa shape index (κ1) is 19.5. The largest absolute Gasteiger partial charge is 0.493 e. The van der Waals surface area contributed by atoms with Crippen LogP contribution < -0.4 is 10.1 Å². The first-order chi connectivity index (χ1) is 14.7. The van der Waals surface area contributed by atoms with Crippen molar-refractivity contribution in [2.75, 3.05) is 19.8 Å². The molecule has 1 amide bonds. The quantitative estimate of drug-likeness (QED) is 0.579. The number of halogens is 1. The monoisotopic (exact) mass is 466 g/mol. The summed E-state index contributed by atoms with van der Waals surface area (Å²) in [5.74, 6) is 1.05. The number of para-hydroxylation sites is 2. The van der Waals surface area contributed by atoms with Gasteiger partial charge in [0.15, 0.2) is 0 Å². The summed E-state index contributed by atoms with van der Waals surface area (Å²) in [6, 6.07) is 13.9. The molecule has 6 heteroatoms. The summed E-state index contributed by atoms with van der Waals surface area (Å²) in [7, 11) is 0. The number of amides is 1. The number of hydrogen-bond acceptors (Lipinski definition) is 4. The van der Waals surface area contributed by atoms with E-state index in [-0.39, 0.29) is 17.9 Å². The number of pyridine rings is 1. The van der Waals surface area contributed by atoms with Gasteiger partial charge in [0.25, 0.3) is 5.91 Å². The number of nitrogens with zero attached hydrogens (tertiary/aromatic N) is 1. The molecule has 3 heterocycles. The van der Waals surface area contributed by atoms with Crippen LogP contribution in [-0.2, 0) is 4.74 Å². The van der Waals surface area contributed by atoms with E-state index in [2.05, 4.69) is 32.3 Å². The van der Waals surface area contributed by atoms with Gasteiger partial charge >= 0.3 is 0 Å². The Morgan fingerprint density at radius 1 is 1.03 bits per heavy atom. The zero-order chi connectivity index (χ0) is 20.5. The lowest BCUT2D eigenvalue weighted by molar-refractivity contribution is 0.0840. The normalized spacial score (nSPS) is 19.2. The number of aromatic nitrogens is 1. The van der Waals surface area contributed by atoms with Crippen molar-refractivity contribution in [3.05, 3.63) is 69.8 Å². The Bertz CT molecular complexity index is 1100. The standard InChI is InChI=1S/C24H23BrN2O3/c25-19-6-3-5-17-22(15-8-11-29-12-9-15)18(14-26-23(17)19)24(28)27-20-10-13-30-21-7-2-1-4-16(20)21/h1-7,14-15,20H,8-13H2,(H,27,28). The highest BCUT2D eigenvalue weighted by Gasteiger charge is 2.28. The summed E-state index contributed by atoms with van der Waals surface area (Å²) in [6.45, 7) is 2.03. The van der Waals surface area contributed by atoms with Crippen molar-refractivity contribution in [2.45, 2.75) is 31.2 Å². The SMILES string of the molecule is O=C(NC1CCOc2ccccc21)c1cnc2c(Br)cccc2c1C1CCOCC1. The second kappa shape index (κ2) is 8.36. The molecule has 1 saturated heterocycles. The summed E-state index contributed by atoms with van der Waals surface area (Å²) >= 11 is 3.61. The van der Waals surface area contributed by atoms with E-state index in [0.717, 1.165) is 64.7 Å². The lowest BCUT2D eigenvalue weighted by Crippen LogP contribution is -2.33. The smallest absolute Gasteiger partial charge is 0.253 e.